The van der Waals surface area contributed by atoms with Gasteiger partial charge in [0, 0.05) is 31.2 Å². The van der Waals surface area contributed by atoms with Crippen LogP contribution >= 0.6 is 0 Å². The standard InChI is InChI=1S/C19H23N5O/c1-13-6-7-18-17(11-21-24(18)14(13)2)19(25)23-9-4-5-16(23)12-22-10-8-20-15(22)3/h6-8,10-11,16H,4-5,9,12H2,1-3H3. The van der Waals surface area contributed by atoms with Gasteiger partial charge in [-0.2, -0.15) is 5.10 Å². The molecule has 1 saturated heterocycles. The molecule has 0 aromatic carbocycles. The molecular weight excluding hydrogens is 314 g/mol. The summed E-state index contributed by atoms with van der Waals surface area (Å²) in [6.45, 7) is 7.69. The van der Waals surface area contributed by atoms with Crippen LogP contribution in [0.1, 0.15) is 40.3 Å². The molecule has 0 N–H and O–H groups in total. The summed E-state index contributed by atoms with van der Waals surface area (Å²) in [5.74, 6) is 1.07. The van der Waals surface area contributed by atoms with Crippen molar-refractivity contribution >= 4 is 11.4 Å². The van der Waals surface area contributed by atoms with E-state index >= 15 is 0 Å². The number of rotatable bonds is 3. The normalized spacial score (nSPS) is 17.6. The van der Waals surface area contributed by atoms with E-state index in [-0.39, 0.29) is 11.9 Å². The van der Waals surface area contributed by atoms with Gasteiger partial charge in [-0.25, -0.2) is 9.50 Å². The van der Waals surface area contributed by atoms with Crippen LogP contribution in [0.15, 0.2) is 30.7 Å². The number of nitrogens with zero attached hydrogens (tertiary/aromatic N) is 5. The minimum atomic E-state index is 0.0820. The van der Waals surface area contributed by atoms with E-state index in [0.29, 0.717) is 5.56 Å². The Labute approximate surface area is 147 Å². The summed E-state index contributed by atoms with van der Waals surface area (Å²) in [5, 5.41) is 4.44. The maximum absolute atomic E-state index is 13.2. The molecule has 1 amide bonds. The number of hydrogen-bond acceptors (Lipinski definition) is 3. The molecule has 3 aromatic heterocycles. The maximum Gasteiger partial charge on any atom is 0.258 e. The zero-order valence-corrected chi connectivity index (χ0v) is 14.9. The summed E-state index contributed by atoms with van der Waals surface area (Å²) in [4.78, 5) is 19.5. The first-order valence-corrected chi connectivity index (χ1v) is 8.79. The van der Waals surface area contributed by atoms with Crippen molar-refractivity contribution in [1.82, 2.24) is 24.1 Å². The zero-order chi connectivity index (χ0) is 17.6. The van der Waals surface area contributed by atoms with E-state index in [4.69, 9.17) is 0 Å². The Morgan fingerprint density at radius 3 is 2.88 bits per heavy atom. The number of carbonyl (C=O) groups excluding carboxylic acids is 1. The number of carbonyl (C=O) groups is 1. The number of likely N-dealkylation sites (tertiary alicyclic amines) is 1. The Kier molecular flexibility index (Phi) is 3.82. The molecule has 6 nitrogen and oxygen atoms in total. The van der Waals surface area contributed by atoms with Crippen LogP contribution in [0, 0.1) is 20.8 Å². The molecule has 3 aromatic rings. The minimum absolute atomic E-state index is 0.0820. The van der Waals surface area contributed by atoms with Crippen molar-refractivity contribution in [3.63, 3.8) is 0 Å². The zero-order valence-electron chi connectivity index (χ0n) is 14.9. The van der Waals surface area contributed by atoms with E-state index in [1.165, 1.54) is 5.56 Å². The van der Waals surface area contributed by atoms with Crippen LogP contribution in [-0.2, 0) is 6.54 Å². The van der Waals surface area contributed by atoms with Gasteiger partial charge >= 0.3 is 0 Å². The maximum atomic E-state index is 13.2. The summed E-state index contributed by atoms with van der Waals surface area (Å²) < 4.78 is 3.99. The lowest BCUT2D eigenvalue weighted by Crippen LogP contribution is -2.38. The van der Waals surface area contributed by atoms with Crippen LogP contribution in [0.4, 0.5) is 0 Å². The number of fused-ring (bicyclic) bond motifs is 1. The van der Waals surface area contributed by atoms with E-state index < -0.39 is 0 Å². The highest BCUT2D eigenvalue weighted by atomic mass is 16.2. The third-order valence-corrected chi connectivity index (χ3v) is 5.39. The fraction of sp³-hybridized carbons (Fsp3) is 0.421. The van der Waals surface area contributed by atoms with Crippen LogP contribution < -0.4 is 0 Å². The van der Waals surface area contributed by atoms with E-state index in [1.807, 2.05) is 41.7 Å². The number of imidazole rings is 1. The number of amides is 1. The first-order valence-electron chi connectivity index (χ1n) is 8.79. The van der Waals surface area contributed by atoms with Crippen LogP contribution in [0.5, 0.6) is 0 Å². The molecule has 0 radical (unpaired) electrons. The molecule has 0 aliphatic carbocycles. The smallest absolute Gasteiger partial charge is 0.258 e. The molecule has 1 fully saturated rings. The highest BCUT2D eigenvalue weighted by molar-refractivity contribution is 6.01. The highest BCUT2D eigenvalue weighted by Gasteiger charge is 2.31. The molecule has 0 spiro atoms. The average Bonchev–Trinajstić information content (AvgIpc) is 3.31. The summed E-state index contributed by atoms with van der Waals surface area (Å²) in [7, 11) is 0. The van der Waals surface area contributed by atoms with Gasteiger partial charge in [0.25, 0.3) is 5.91 Å². The third-order valence-electron chi connectivity index (χ3n) is 5.39. The number of aromatic nitrogens is 4. The number of pyridine rings is 1. The molecule has 0 saturated carbocycles. The van der Waals surface area contributed by atoms with Crippen LogP contribution in [0.3, 0.4) is 0 Å². The molecule has 4 heterocycles. The quantitative estimate of drug-likeness (QED) is 0.738. The molecular formula is C19H23N5O. The van der Waals surface area contributed by atoms with Crippen molar-refractivity contribution in [2.45, 2.75) is 46.2 Å². The Morgan fingerprint density at radius 2 is 2.12 bits per heavy atom. The van der Waals surface area contributed by atoms with Gasteiger partial charge in [-0.05, 0) is 45.2 Å². The van der Waals surface area contributed by atoms with Crippen molar-refractivity contribution in [3.8, 4) is 0 Å². The van der Waals surface area contributed by atoms with Crippen molar-refractivity contribution in [1.29, 1.82) is 0 Å². The van der Waals surface area contributed by atoms with E-state index in [1.54, 1.807) is 6.20 Å². The highest BCUT2D eigenvalue weighted by Crippen LogP contribution is 2.24. The predicted octanol–water partition coefficient (Wildman–Crippen LogP) is 2.76. The lowest BCUT2D eigenvalue weighted by atomic mass is 10.1. The first-order chi connectivity index (χ1) is 12.1. The van der Waals surface area contributed by atoms with E-state index in [9.17, 15) is 4.79 Å². The second kappa shape index (κ2) is 6.02. The Bertz CT molecular complexity index is 939. The van der Waals surface area contributed by atoms with Gasteiger partial charge in [-0.15, -0.1) is 0 Å². The Hall–Kier alpha value is -2.63. The van der Waals surface area contributed by atoms with E-state index in [0.717, 1.165) is 43.0 Å². The molecule has 130 valence electrons. The van der Waals surface area contributed by atoms with Crippen molar-refractivity contribution < 1.29 is 4.79 Å². The number of hydrogen-bond donors (Lipinski definition) is 0. The van der Waals surface area contributed by atoms with E-state index in [2.05, 4.69) is 27.6 Å². The van der Waals surface area contributed by atoms with Crippen molar-refractivity contribution in [2.75, 3.05) is 6.54 Å². The fourth-order valence-corrected chi connectivity index (χ4v) is 3.71. The van der Waals surface area contributed by atoms with Gasteiger partial charge in [0.1, 0.15) is 5.82 Å². The largest absolute Gasteiger partial charge is 0.334 e. The number of aryl methyl sites for hydroxylation is 3. The molecule has 25 heavy (non-hydrogen) atoms. The second-order valence-electron chi connectivity index (χ2n) is 6.88. The molecule has 1 unspecified atom stereocenters. The lowest BCUT2D eigenvalue weighted by Gasteiger charge is -2.25. The van der Waals surface area contributed by atoms with Crippen LogP contribution in [-0.4, -0.2) is 42.6 Å². The molecule has 0 bridgehead atoms. The lowest BCUT2D eigenvalue weighted by molar-refractivity contribution is 0.0725. The molecule has 1 aliphatic heterocycles. The first kappa shape index (κ1) is 15.9. The Morgan fingerprint density at radius 1 is 1.28 bits per heavy atom. The molecule has 4 rings (SSSR count). The van der Waals surface area contributed by atoms with Gasteiger partial charge < -0.3 is 9.47 Å². The minimum Gasteiger partial charge on any atom is -0.334 e. The molecule has 1 aliphatic rings. The molecule has 1 atom stereocenters. The fourth-order valence-electron chi connectivity index (χ4n) is 3.71. The van der Waals surface area contributed by atoms with Crippen LogP contribution in [0.25, 0.3) is 5.52 Å². The van der Waals surface area contributed by atoms with Gasteiger partial charge in [0.15, 0.2) is 0 Å². The SMILES string of the molecule is Cc1ccc2c(C(=O)N3CCCC3Cn3ccnc3C)cnn2c1C. The predicted molar refractivity (Wildman–Crippen MR) is 95.7 cm³/mol. The second-order valence-corrected chi connectivity index (χ2v) is 6.88. The van der Waals surface area contributed by atoms with Gasteiger partial charge in [0.2, 0.25) is 0 Å². The van der Waals surface area contributed by atoms with Gasteiger partial charge in [-0.3, -0.25) is 4.79 Å². The van der Waals surface area contributed by atoms with Crippen molar-refractivity contribution in [2.24, 2.45) is 0 Å². The average molecular weight is 337 g/mol. The summed E-state index contributed by atoms with van der Waals surface area (Å²) >= 11 is 0. The van der Waals surface area contributed by atoms with Crippen molar-refractivity contribution in [3.05, 3.63) is 53.4 Å². The topological polar surface area (TPSA) is 55.4 Å². The van der Waals surface area contributed by atoms with Crippen LogP contribution in [0.2, 0.25) is 0 Å². The summed E-state index contributed by atoms with van der Waals surface area (Å²) in [6, 6.07) is 4.26. The van der Waals surface area contributed by atoms with Gasteiger partial charge in [0.05, 0.1) is 23.3 Å². The monoisotopic (exact) mass is 337 g/mol. The summed E-state index contributed by atoms with van der Waals surface area (Å²) in [6.07, 6.45) is 7.58. The third kappa shape index (κ3) is 2.62. The van der Waals surface area contributed by atoms with Gasteiger partial charge in [-0.1, -0.05) is 6.07 Å². The Balaban J connectivity index is 1.64. The summed E-state index contributed by atoms with van der Waals surface area (Å²) in [5.41, 5.74) is 3.82. The molecule has 6 heteroatoms.